The van der Waals surface area contributed by atoms with Crippen molar-refractivity contribution in [2.24, 2.45) is 11.3 Å². The van der Waals surface area contributed by atoms with Crippen LogP contribution in [0.1, 0.15) is 77.6 Å². The number of alkyl halides is 1. The first-order valence-electron chi connectivity index (χ1n) is 8.50. The number of halogens is 1. The average Bonchev–Trinajstić information content (AvgIpc) is 2.66. The predicted octanol–water partition coefficient (Wildman–Crippen LogP) is 5.46. The molecule has 4 atom stereocenters. The van der Waals surface area contributed by atoms with Gasteiger partial charge in [0.15, 0.2) is 0 Å². The van der Waals surface area contributed by atoms with Gasteiger partial charge in [-0.15, -0.1) is 0 Å². The minimum atomic E-state index is 0.497. The maximum absolute atomic E-state index is 6.59. The second-order valence-electron chi connectivity index (χ2n) is 7.37. The number of rotatable bonds is 2. The van der Waals surface area contributed by atoms with Gasteiger partial charge in [0.2, 0.25) is 0 Å². The first-order valence-corrected chi connectivity index (χ1v) is 9.42. The molecule has 0 aromatic heterocycles. The molecule has 0 aromatic rings. The van der Waals surface area contributed by atoms with Crippen LogP contribution >= 0.6 is 15.9 Å². The summed E-state index contributed by atoms with van der Waals surface area (Å²) in [5.41, 5.74) is 0.497. The molecule has 3 aliphatic carbocycles. The molecule has 1 spiro atoms. The molecule has 1 nitrogen and oxygen atoms in total. The Hall–Kier alpha value is 0.440. The molecule has 4 unspecified atom stereocenters. The lowest BCUT2D eigenvalue weighted by Crippen LogP contribution is -2.56. The molecule has 2 heteroatoms. The first-order chi connectivity index (χ1) is 9.21. The third kappa shape index (κ3) is 2.90. The molecule has 3 saturated carbocycles. The molecule has 0 heterocycles. The summed E-state index contributed by atoms with van der Waals surface area (Å²) in [6, 6.07) is 0. The largest absolute Gasteiger partial charge is 0.374 e. The van der Waals surface area contributed by atoms with Crippen LogP contribution in [0, 0.1) is 11.3 Å². The lowest BCUT2D eigenvalue weighted by molar-refractivity contribution is -0.152. The summed E-state index contributed by atoms with van der Waals surface area (Å²) in [6.45, 7) is 2.39. The molecule has 0 saturated heterocycles. The van der Waals surface area contributed by atoms with Crippen LogP contribution in [0.15, 0.2) is 0 Å². The van der Waals surface area contributed by atoms with E-state index in [0.29, 0.717) is 17.6 Å². The molecule has 110 valence electrons. The summed E-state index contributed by atoms with van der Waals surface area (Å²) < 4.78 is 6.59. The highest BCUT2D eigenvalue weighted by molar-refractivity contribution is 9.09. The molecule has 0 radical (unpaired) electrons. The van der Waals surface area contributed by atoms with Crippen molar-refractivity contribution in [1.82, 2.24) is 0 Å². The lowest BCUT2D eigenvalue weighted by Gasteiger charge is -2.55. The van der Waals surface area contributed by atoms with Gasteiger partial charge in [-0.1, -0.05) is 61.4 Å². The van der Waals surface area contributed by atoms with Crippen molar-refractivity contribution in [3.05, 3.63) is 0 Å². The minimum absolute atomic E-state index is 0.497. The van der Waals surface area contributed by atoms with Gasteiger partial charge in [-0.2, -0.15) is 0 Å². The molecule has 19 heavy (non-hydrogen) atoms. The minimum Gasteiger partial charge on any atom is -0.374 e. The average molecular weight is 329 g/mol. The third-order valence-corrected chi connectivity index (χ3v) is 7.25. The van der Waals surface area contributed by atoms with Crippen molar-refractivity contribution < 1.29 is 4.74 Å². The smallest absolute Gasteiger partial charge is 0.0656 e. The Morgan fingerprint density at radius 3 is 2.32 bits per heavy atom. The van der Waals surface area contributed by atoms with Crippen molar-refractivity contribution >= 4 is 15.9 Å². The highest BCUT2D eigenvalue weighted by Gasteiger charge is 2.54. The van der Waals surface area contributed by atoms with Crippen molar-refractivity contribution in [3.8, 4) is 0 Å². The van der Waals surface area contributed by atoms with E-state index in [1.807, 2.05) is 0 Å². The van der Waals surface area contributed by atoms with Gasteiger partial charge in [0, 0.05) is 10.2 Å². The zero-order chi connectivity index (χ0) is 13.3. The van der Waals surface area contributed by atoms with Crippen LogP contribution in [0.3, 0.4) is 0 Å². The van der Waals surface area contributed by atoms with Gasteiger partial charge < -0.3 is 4.74 Å². The van der Waals surface area contributed by atoms with E-state index in [4.69, 9.17) is 4.74 Å². The van der Waals surface area contributed by atoms with Crippen molar-refractivity contribution in [2.45, 2.75) is 94.6 Å². The van der Waals surface area contributed by atoms with E-state index < -0.39 is 0 Å². The van der Waals surface area contributed by atoms with Crippen molar-refractivity contribution in [1.29, 1.82) is 0 Å². The summed E-state index contributed by atoms with van der Waals surface area (Å²) in [7, 11) is 0. The summed E-state index contributed by atoms with van der Waals surface area (Å²) >= 11 is 3.95. The summed E-state index contributed by atoms with van der Waals surface area (Å²) in [5, 5.41) is 0. The van der Waals surface area contributed by atoms with E-state index in [9.17, 15) is 0 Å². The lowest BCUT2D eigenvalue weighted by atomic mass is 9.61. The fourth-order valence-corrected chi connectivity index (χ4v) is 5.74. The predicted molar refractivity (Wildman–Crippen MR) is 83.8 cm³/mol. The maximum Gasteiger partial charge on any atom is 0.0656 e. The molecule has 3 aliphatic rings. The normalized spacial score (nSPS) is 42.6. The molecule has 0 amide bonds. The van der Waals surface area contributed by atoms with E-state index in [1.54, 1.807) is 0 Å². The number of ether oxygens (including phenoxy) is 1. The Kier molecular flexibility index (Phi) is 4.58. The third-order valence-electron chi connectivity index (χ3n) is 5.97. The Balaban J connectivity index is 1.60. The van der Waals surface area contributed by atoms with Crippen molar-refractivity contribution in [2.75, 3.05) is 0 Å². The van der Waals surface area contributed by atoms with Crippen LogP contribution < -0.4 is 0 Å². The summed E-state index contributed by atoms with van der Waals surface area (Å²) in [4.78, 5) is 0.726. The van der Waals surface area contributed by atoms with Gasteiger partial charge in [-0.05, 0) is 38.0 Å². The van der Waals surface area contributed by atoms with Crippen LogP contribution in [0.4, 0.5) is 0 Å². The first kappa shape index (κ1) is 14.4. The van der Waals surface area contributed by atoms with E-state index >= 15 is 0 Å². The number of hydrogen-bond donors (Lipinski definition) is 0. The molecule has 3 fully saturated rings. The fraction of sp³-hybridized carbons (Fsp3) is 1.00. The van der Waals surface area contributed by atoms with Gasteiger partial charge in [0.05, 0.1) is 12.2 Å². The Bertz CT molecular complexity index is 296. The van der Waals surface area contributed by atoms with E-state index in [-0.39, 0.29) is 0 Å². The molecule has 0 N–H and O–H groups in total. The zero-order valence-electron chi connectivity index (χ0n) is 12.4. The maximum atomic E-state index is 6.59. The van der Waals surface area contributed by atoms with Crippen molar-refractivity contribution in [3.63, 3.8) is 0 Å². The summed E-state index contributed by atoms with van der Waals surface area (Å²) in [5.74, 6) is 0.878. The summed E-state index contributed by atoms with van der Waals surface area (Å²) in [6.07, 6.45) is 16.3. The molecule has 3 rings (SSSR count). The van der Waals surface area contributed by atoms with Crippen LogP contribution in [0.2, 0.25) is 0 Å². The van der Waals surface area contributed by atoms with Crippen LogP contribution in [-0.4, -0.2) is 17.0 Å². The van der Waals surface area contributed by atoms with Gasteiger partial charge in [-0.3, -0.25) is 0 Å². The fourth-order valence-electron chi connectivity index (χ4n) is 4.65. The Morgan fingerprint density at radius 1 is 0.947 bits per heavy atom. The molecule has 0 aromatic carbocycles. The molecule has 0 aliphatic heterocycles. The van der Waals surface area contributed by atoms with Gasteiger partial charge in [-0.25, -0.2) is 0 Å². The number of hydrogen-bond acceptors (Lipinski definition) is 1. The van der Waals surface area contributed by atoms with Crippen LogP contribution in [0.25, 0.3) is 0 Å². The van der Waals surface area contributed by atoms with Crippen LogP contribution in [0.5, 0.6) is 0 Å². The standard InChI is InChI=1S/C17H29BrO/c1-13-7-6-8-14(11-13)19-16-12-15(18)17(16)9-4-2-3-5-10-17/h13-16H,2-12H2,1H3. The van der Waals surface area contributed by atoms with Gasteiger partial charge >= 0.3 is 0 Å². The van der Waals surface area contributed by atoms with Crippen LogP contribution in [-0.2, 0) is 4.74 Å². The second kappa shape index (κ2) is 6.05. The molecular formula is C17H29BrO. The van der Waals surface area contributed by atoms with E-state index in [0.717, 1.165) is 10.7 Å². The SMILES string of the molecule is CC1CCCC(OC2CC(Br)C23CCCCCC3)C1. The zero-order valence-corrected chi connectivity index (χ0v) is 14.0. The van der Waals surface area contributed by atoms with E-state index in [1.165, 1.54) is 70.6 Å². The Labute approximate surface area is 127 Å². The van der Waals surface area contributed by atoms with Gasteiger partial charge in [0.25, 0.3) is 0 Å². The monoisotopic (exact) mass is 328 g/mol. The highest BCUT2D eigenvalue weighted by atomic mass is 79.9. The van der Waals surface area contributed by atoms with Gasteiger partial charge in [0.1, 0.15) is 0 Å². The Morgan fingerprint density at radius 2 is 1.68 bits per heavy atom. The van der Waals surface area contributed by atoms with E-state index in [2.05, 4.69) is 22.9 Å². The quantitative estimate of drug-likeness (QED) is 0.611. The second-order valence-corrected chi connectivity index (χ2v) is 8.47. The molecular weight excluding hydrogens is 300 g/mol. The highest BCUT2D eigenvalue weighted by Crippen LogP contribution is 2.56. The topological polar surface area (TPSA) is 9.23 Å². The molecule has 0 bridgehead atoms.